The van der Waals surface area contributed by atoms with E-state index in [1.54, 1.807) is 24.3 Å². The van der Waals surface area contributed by atoms with E-state index in [0.29, 0.717) is 6.54 Å². The number of rotatable bonds is 9. The molecule has 2 aromatic rings. The largest absolute Gasteiger partial charge is 0.312 e. The smallest absolute Gasteiger partial charge is 0.264 e. The second-order valence-corrected chi connectivity index (χ2v) is 11.9. The van der Waals surface area contributed by atoms with Crippen molar-refractivity contribution in [2.45, 2.75) is 63.8 Å². The lowest BCUT2D eigenvalue weighted by Gasteiger charge is -2.23. The predicted molar refractivity (Wildman–Crippen MR) is 143 cm³/mol. The lowest BCUT2D eigenvalue weighted by molar-refractivity contribution is -0.118. The van der Waals surface area contributed by atoms with Crippen molar-refractivity contribution >= 4 is 21.5 Å². The molecule has 0 atom stereocenters. The Hall–Kier alpha value is -2.48. The van der Waals surface area contributed by atoms with Crippen LogP contribution in [0.5, 0.6) is 0 Å². The number of hydrogen-bond acceptors (Lipinski definition) is 5. The van der Waals surface area contributed by atoms with Crippen molar-refractivity contribution < 1.29 is 13.2 Å². The van der Waals surface area contributed by atoms with Crippen molar-refractivity contribution in [2.75, 3.05) is 27.2 Å². The Balaban J connectivity index is 1.88. The van der Waals surface area contributed by atoms with Crippen molar-refractivity contribution in [3.63, 3.8) is 0 Å². The number of carbonyl (C=O) groups excluding carboxylic acids is 1. The summed E-state index contributed by atoms with van der Waals surface area (Å²) in [6, 6.07) is 11.0. The van der Waals surface area contributed by atoms with Gasteiger partial charge in [-0.25, -0.2) is 13.1 Å². The van der Waals surface area contributed by atoms with E-state index < -0.39 is 15.9 Å². The summed E-state index contributed by atoms with van der Waals surface area (Å²) < 4.78 is 28.1. The van der Waals surface area contributed by atoms with E-state index in [9.17, 15) is 13.2 Å². The fraction of sp³-hybridized carbons (Fsp3) is 0.464. The molecule has 2 N–H and O–H groups in total. The molecule has 190 valence electrons. The SMILES string of the molecule is CC(C)c1cc(C2=CCCNC2)cc(C(C)C)c1CC(=O)NS(=O)(=O)c1ccc(CN(C)C)cc1. The Morgan fingerprint density at radius 3 is 2.11 bits per heavy atom. The molecule has 2 aromatic carbocycles. The van der Waals surface area contributed by atoms with Gasteiger partial charge in [0.2, 0.25) is 5.91 Å². The van der Waals surface area contributed by atoms with Crippen LogP contribution in [0.4, 0.5) is 0 Å². The van der Waals surface area contributed by atoms with E-state index in [-0.39, 0.29) is 23.2 Å². The van der Waals surface area contributed by atoms with E-state index in [1.165, 1.54) is 11.1 Å². The van der Waals surface area contributed by atoms with Gasteiger partial charge in [0.05, 0.1) is 11.3 Å². The average molecular weight is 498 g/mol. The first-order valence-corrected chi connectivity index (χ1v) is 13.8. The van der Waals surface area contributed by atoms with Crippen molar-refractivity contribution in [2.24, 2.45) is 0 Å². The van der Waals surface area contributed by atoms with Crippen molar-refractivity contribution in [1.82, 2.24) is 14.9 Å². The second kappa shape index (κ2) is 11.5. The monoisotopic (exact) mass is 497 g/mol. The van der Waals surface area contributed by atoms with Gasteiger partial charge in [0, 0.05) is 13.1 Å². The van der Waals surface area contributed by atoms with Gasteiger partial charge in [-0.05, 0) is 84.4 Å². The van der Waals surface area contributed by atoms with E-state index in [1.807, 2.05) is 19.0 Å². The Morgan fingerprint density at radius 2 is 1.63 bits per heavy atom. The van der Waals surface area contributed by atoms with Crippen LogP contribution in [0.2, 0.25) is 0 Å². The lowest BCUT2D eigenvalue weighted by atomic mass is 9.83. The molecule has 0 saturated heterocycles. The van der Waals surface area contributed by atoms with Gasteiger partial charge >= 0.3 is 0 Å². The Labute approximate surface area is 210 Å². The highest BCUT2D eigenvalue weighted by molar-refractivity contribution is 7.90. The topological polar surface area (TPSA) is 78.5 Å². The first kappa shape index (κ1) is 27.1. The van der Waals surface area contributed by atoms with Crippen molar-refractivity contribution in [1.29, 1.82) is 0 Å². The summed E-state index contributed by atoms with van der Waals surface area (Å²) in [5, 5.41) is 3.43. The molecule has 1 aliphatic heterocycles. The molecule has 0 bridgehead atoms. The summed E-state index contributed by atoms with van der Waals surface area (Å²) in [7, 11) is -0.0357. The Morgan fingerprint density at radius 1 is 1.03 bits per heavy atom. The highest BCUT2D eigenvalue weighted by Gasteiger charge is 2.23. The standard InChI is InChI=1S/C28H39N3O3S/c1-19(2)25-14-23(22-8-7-13-29-17-22)15-26(20(3)4)27(25)16-28(32)30-35(33,34)24-11-9-21(10-12-24)18-31(5)6/h8-12,14-15,19-20,29H,7,13,16-18H2,1-6H3,(H,30,32). The van der Waals surface area contributed by atoms with Crippen molar-refractivity contribution in [3.05, 3.63) is 70.3 Å². The molecule has 0 saturated carbocycles. The van der Waals surface area contributed by atoms with Gasteiger partial charge in [0.25, 0.3) is 10.0 Å². The summed E-state index contributed by atoms with van der Waals surface area (Å²) in [6.07, 6.45) is 3.31. The van der Waals surface area contributed by atoms with Gasteiger partial charge in [-0.15, -0.1) is 0 Å². The third-order valence-electron chi connectivity index (χ3n) is 6.28. The number of amides is 1. The molecule has 0 radical (unpaired) electrons. The molecule has 0 fully saturated rings. The number of nitrogens with zero attached hydrogens (tertiary/aromatic N) is 1. The van der Waals surface area contributed by atoms with Gasteiger partial charge in [-0.2, -0.15) is 0 Å². The third-order valence-corrected chi connectivity index (χ3v) is 7.67. The summed E-state index contributed by atoms with van der Waals surface area (Å²) in [5.74, 6) is -0.112. The molecule has 0 spiro atoms. The predicted octanol–water partition coefficient (Wildman–Crippen LogP) is 4.42. The zero-order chi connectivity index (χ0) is 25.8. The maximum absolute atomic E-state index is 13.0. The zero-order valence-electron chi connectivity index (χ0n) is 21.8. The van der Waals surface area contributed by atoms with Crippen LogP contribution in [-0.2, 0) is 27.8 Å². The highest BCUT2D eigenvalue weighted by Crippen LogP contribution is 2.33. The third kappa shape index (κ3) is 7.03. The molecule has 0 aromatic heterocycles. The fourth-order valence-electron chi connectivity index (χ4n) is 4.55. The first-order valence-electron chi connectivity index (χ1n) is 12.3. The van der Waals surface area contributed by atoms with E-state index in [2.05, 4.69) is 55.9 Å². The van der Waals surface area contributed by atoms with Crippen molar-refractivity contribution in [3.8, 4) is 0 Å². The number of sulfonamides is 1. The molecule has 0 unspecified atom stereocenters. The molecular formula is C28H39N3O3S. The maximum atomic E-state index is 13.0. The minimum Gasteiger partial charge on any atom is -0.312 e. The van der Waals surface area contributed by atoms with E-state index in [4.69, 9.17) is 0 Å². The molecule has 3 rings (SSSR count). The van der Waals surface area contributed by atoms with Crippen LogP contribution in [0.3, 0.4) is 0 Å². The number of hydrogen-bond donors (Lipinski definition) is 2. The van der Waals surface area contributed by atoms with Gasteiger partial charge in [-0.3, -0.25) is 4.79 Å². The normalized spacial score (nSPS) is 14.5. The molecule has 1 heterocycles. The van der Waals surface area contributed by atoms with Crippen LogP contribution >= 0.6 is 0 Å². The molecule has 35 heavy (non-hydrogen) atoms. The van der Waals surface area contributed by atoms with Crippen LogP contribution in [0.25, 0.3) is 5.57 Å². The quantitative estimate of drug-likeness (QED) is 0.536. The fourth-order valence-corrected chi connectivity index (χ4v) is 5.53. The van der Waals surface area contributed by atoms with Gasteiger partial charge in [-0.1, -0.05) is 58.0 Å². The molecule has 1 aliphatic rings. The summed E-state index contributed by atoms with van der Waals surface area (Å²) in [5.41, 5.74) is 6.58. The average Bonchev–Trinajstić information content (AvgIpc) is 2.79. The van der Waals surface area contributed by atoms with Gasteiger partial charge in [0.15, 0.2) is 0 Å². The summed E-state index contributed by atoms with van der Waals surface area (Å²) >= 11 is 0. The van der Waals surface area contributed by atoms with Crippen LogP contribution < -0.4 is 10.0 Å². The Kier molecular flexibility index (Phi) is 8.91. The maximum Gasteiger partial charge on any atom is 0.264 e. The molecule has 7 heteroatoms. The lowest BCUT2D eigenvalue weighted by Crippen LogP contribution is -2.32. The van der Waals surface area contributed by atoms with Gasteiger partial charge < -0.3 is 10.2 Å². The molecular weight excluding hydrogens is 458 g/mol. The number of benzene rings is 2. The summed E-state index contributed by atoms with van der Waals surface area (Å²) in [4.78, 5) is 15.1. The van der Waals surface area contributed by atoms with E-state index >= 15 is 0 Å². The minimum absolute atomic E-state index is 0.0244. The van der Waals surface area contributed by atoms with Crippen LogP contribution in [0.15, 0.2) is 47.4 Å². The molecule has 1 amide bonds. The minimum atomic E-state index is -3.95. The number of nitrogens with one attached hydrogen (secondary N) is 2. The Bertz CT molecular complexity index is 1150. The highest BCUT2D eigenvalue weighted by atomic mass is 32.2. The van der Waals surface area contributed by atoms with Crippen LogP contribution in [-0.4, -0.2) is 46.4 Å². The first-order chi connectivity index (χ1) is 16.5. The molecule has 0 aliphatic carbocycles. The van der Waals surface area contributed by atoms with Crippen LogP contribution in [0.1, 0.15) is 73.8 Å². The van der Waals surface area contributed by atoms with Gasteiger partial charge in [0.1, 0.15) is 0 Å². The zero-order valence-corrected chi connectivity index (χ0v) is 22.6. The molecule has 6 nitrogen and oxygen atoms in total. The summed E-state index contributed by atoms with van der Waals surface area (Å²) in [6.45, 7) is 11.0. The number of carbonyl (C=O) groups is 1. The second-order valence-electron chi connectivity index (χ2n) is 10.2. The van der Waals surface area contributed by atoms with Crippen LogP contribution in [0, 0.1) is 0 Å². The van der Waals surface area contributed by atoms with E-state index in [0.717, 1.165) is 41.8 Å².